The minimum Gasteiger partial charge on any atom is -0.481 e. The maximum Gasteiger partial charge on any atom is 0.304 e. The molecule has 1 atom stereocenters. The standard InChI is InChI=1S/C8H12NO2S/c1-2-3-4-7(12-6-9)5-8(10)11/h7H,1-5H2,(H,10,11). The van der Waals surface area contributed by atoms with Crippen LogP contribution in [0.25, 0.3) is 0 Å². The number of carboxylic acids is 1. The van der Waals surface area contributed by atoms with E-state index in [1.807, 2.05) is 5.40 Å². The highest BCUT2D eigenvalue weighted by molar-refractivity contribution is 8.04. The number of carbonyl (C=O) groups is 1. The molecular formula is C8H12NO2S. The molecule has 0 rings (SSSR count). The molecule has 0 aliphatic carbocycles. The molecule has 0 bridgehead atoms. The molecule has 12 heavy (non-hydrogen) atoms. The van der Waals surface area contributed by atoms with Gasteiger partial charge in [-0.2, -0.15) is 5.26 Å². The van der Waals surface area contributed by atoms with Crippen LogP contribution in [0, 0.1) is 17.6 Å². The molecule has 67 valence electrons. The summed E-state index contributed by atoms with van der Waals surface area (Å²) in [4.78, 5) is 10.3. The number of thiocyanates is 1. The van der Waals surface area contributed by atoms with Gasteiger partial charge in [-0.05, 0) is 18.2 Å². The van der Waals surface area contributed by atoms with Crippen LogP contribution in [0.3, 0.4) is 0 Å². The SMILES string of the molecule is [CH2]CCCC(CC(=O)O)SC#N. The Morgan fingerprint density at radius 3 is 2.83 bits per heavy atom. The van der Waals surface area contributed by atoms with Crippen LogP contribution in [-0.4, -0.2) is 16.3 Å². The van der Waals surface area contributed by atoms with Crippen LogP contribution in [0.5, 0.6) is 0 Å². The van der Waals surface area contributed by atoms with Crippen molar-refractivity contribution in [2.45, 2.75) is 30.9 Å². The minimum absolute atomic E-state index is 0.0677. The third-order valence-corrected chi connectivity index (χ3v) is 2.24. The van der Waals surface area contributed by atoms with Gasteiger partial charge < -0.3 is 5.11 Å². The molecule has 0 aromatic carbocycles. The predicted octanol–water partition coefficient (Wildman–Crippen LogP) is 2.05. The van der Waals surface area contributed by atoms with Gasteiger partial charge in [0.05, 0.1) is 6.42 Å². The van der Waals surface area contributed by atoms with Crippen molar-refractivity contribution < 1.29 is 9.90 Å². The van der Waals surface area contributed by atoms with E-state index in [1.54, 1.807) is 0 Å². The average molecular weight is 186 g/mol. The minimum atomic E-state index is -0.841. The van der Waals surface area contributed by atoms with Gasteiger partial charge in [0.25, 0.3) is 0 Å². The van der Waals surface area contributed by atoms with E-state index in [2.05, 4.69) is 6.92 Å². The summed E-state index contributed by atoms with van der Waals surface area (Å²) in [6, 6.07) is 0. The summed E-state index contributed by atoms with van der Waals surface area (Å²) in [6.45, 7) is 3.66. The van der Waals surface area contributed by atoms with E-state index < -0.39 is 5.97 Å². The van der Waals surface area contributed by atoms with Gasteiger partial charge in [0, 0.05) is 5.25 Å². The molecule has 1 N–H and O–H groups in total. The normalized spacial score (nSPS) is 12.0. The van der Waals surface area contributed by atoms with Gasteiger partial charge in [0.2, 0.25) is 0 Å². The fourth-order valence-electron chi connectivity index (χ4n) is 0.844. The van der Waals surface area contributed by atoms with Crippen molar-refractivity contribution >= 4 is 17.7 Å². The molecule has 0 heterocycles. The summed E-state index contributed by atoms with van der Waals surface area (Å²) in [5, 5.41) is 18.7. The summed E-state index contributed by atoms with van der Waals surface area (Å²) in [5.74, 6) is -0.841. The number of rotatable bonds is 6. The van der Waals surface area contributed by atoms with Crippen LogP contribution < -0.4 is 0 Å². The molecule has 1 radical (unpaired) electrons. The first-order chi connectivity index (χ1) is 5.70. The van der Waals surface area contributed by atoms with E-state index in [0.717, 1.165) is 31.0 Å². The Morgan fingerprint density at radius 2 is 2.42 bits per heavy atom. The fraction of sp³-hybridized carbons (Fsp3) is 0.625. The first kappa shape index (κ1) is 11.3. The highest BCUT2D eigenvalue weighted by Crippen LogP contribution is 2.19. The Morgan fingerprint density at radius 1 is 1.75 bits per heavy atom. The molecule has 0 aromatic rings. The zero-order valence-electron chi connectivity index (χ0n) is 6.82. The molecule has 0 spiro atoms. The number of thioether (sulfide) groups is 1. The summed E-state index contributed by atoms with van der Waals surface area (Å²) >= 11 is 1.04. The van der Waals surface area contributed by atoms with Crippen LogP contribution in [-0.2, 0) is 4.79 Å². The van der Waals surface area contributed by atoms with Gasteiger partial charge in [0.1, 0.15) is 5.40 Å². The summed E-state index contributed by atoms with van der Waals surface area (Å²) in [5.41, 5.74) is 0. The van der Waals surface area contributed by atoms with Crippen molar-refractivity contribution in [3.05, 3.63) is 6.92 Å². The number of unbranched alkanes of at least 4 members (excludes halogenated alkanes) is 1. The quantitative estimate of drug-likeness (QED) is 0.645. The smallest absolute Gasteiger partial charge is 0.304 e. The second kappa shape index (κ2) is 6.99. The van der Waals surface area contributed by atoms with E-state index in [1.165, 1.54) is 0 Å². The number of nitriles is 1. The Kier molecular flexibility index (Phi) is 6.58. The zero-order valence-corrected chi connectivity index (χ0v) is 7.64. The first-order valence-electron chi connectivity index (χ1n) is 3.76. The van der Waals surface area contributed by atoms with Crippen LogP contribution in [0.1, 0.15) is 25.7 Å². The highest BCUT2D eigenvalue weighted by atomic mass is 32.2. The van der Waals surface area contributed by atoms with Crippen molar-refractivity contribution in [1.29, 1.82) is 5.26 Å². The number of aliphatic carboxylic acids is 1. The molecule has 0 aliphatic heterocycles. The van der Waals surface area contributed by atoms with E-state index in [-0.39, 0.29) is 11.7 Å². The third kappa shape index (κ3) is 6.05. The van der Waals surface area contributed by atoms with Gasteiger partial charge in [0.15, 0.2) is 0 Å². The van der Waals surface area contributed by atoms with Gasteiger partial charge in [-0.1, -0.05) is 19.8 Å². The fourth-order valence-corrected chi connectivity index (χ4v) is 1.50. The third-order valence-electron chi connectivity index (χ3n) is 1.40. The predicted molar refractivity (Wildman–Crippen MR) is 48.5 cm³/mol. The van der Waals surface area contributed by atoms with Crippen LogP contribution in [0.4, 0.5) is 0 Å². The molecule has 1 unspecified atom stereocenters. The lowest BCUT2D eigenvalue weighted by molar-refractivity contribution is -0.137. The Balaban J connectivity index is 3.71. The Labute approximate surface area is 76.8 Å². The van der Waals surface area contributed by atoms with Gasteiger partial charge in [-0.25, -0.2) is 0 Å². The number of hydrogen-bond acceptors (Lipinski definition) is 3. The largest absolute Gasteiger partial charge is 0.481 e. The molecule has 0 saturated carbocycles. The first-order valence-corrected chi connectivity index (χ1v) is 4.64. The lowest BCUT2D eigenvalue weighted by Crippen LogP contribution is -2.09. The van der Waals surface area contributed by atoms with Crippen molar-refractivity contribution in [1.82, 2.24) is 0 Å². The highest BCUT2D eigenvalue weighted by Gasteiger charge is 2.12. The number of hydrogen-bond donors (Lipinski definition) is 1. The zero-order chi connectivity index (χ0) is 9.40. The van der Waals surface area contributed by atoms with E-state index in [4.69, 9.17) is 10.4 Å². The van der Waals surface area contributed by atoms with E-state index >= 15 is 0 Å². The molecule has 0 aliphatic rings. The second-order valence-corrected chi connectivity index (χ2v) is 3.51. The molecular weight excluding hydrogens is 174 g/mol. The average Bonchev–Trinajstić information content (AvgIpc) is 2.00. The topological polar surface area (TPSA) is 61.1 Å². The summed E-state index contributed by atoms with van der Waals surface area (Å²) in [6.07, 6.45) is 2.50. The molecule has 4 heteroatoms. The van der Waals surface area contributed by atoms with Crippen LogP contribution in [0.15, 0.2) is 0 Å². The van der Waals surface area contributed by atoms with Crippen molar-refractivity contribution in [3.63, 3.8) is 0 Å². The molecule has 0 aromatic heterocycles. The lowest BCUT2D eigenvalue weighted by atomic mass is 10.1. The van der Waals surface area contributed by atoms with E-state index in [0.29, 0.717) is 0 Å². The summed E-state index contributed by atoms with van der Waals surface area (Å²) < 4.78 is 0. The molecule has 0 saturated heterocycles. The Bertz CT molecular complexity index is 176. The molecule has 0 amide bonds. The molecule has 0 fully saturated rings. The maximum atomic E-state index is 10.3. The van der Waals surface area contributed by atoms with Gasteiger partial charge in [-0.3, -0.25) is 4.79 Å². The van der Waals surface area contributed by atoms with Crippen molar-refractivity contribution in [2.24, 2.45) is 0 Å². The monoisotopic (exact) mass is 186 g/mol. The van der Waals surface area contributed by atoms with Crippen LogP contribution in [0.2, 0.25) is 0 Å². The lowest BCUT2D eigenvalue weighted by Gasteiger charge is -2.07. The number of nitrogens with zero attached hydrogens (tertiary/aromatic N) is 1. The summed E-state index contributed by atoms with van der Waals surface area (Å²) in [7, 11) is 0. The second-order valence-electron chi connectivity index (χ2n) is 2.42. The maximum absolute atomic E-state index is 10.3. The van der Waals surface area contributed by atoms with Crippen LogP contribution >= 0.6 is 11.8 Å². The number of carboxylic acid groups (broad SMARTS) is 1. The van der Waals surface area contributed by atoms with Gasteiger partial charge in [-0.15, -0.1) is 0 Å². The molecule has 3 nitrogen and oxygen atoms in total. The van der Waals surface area contributed by atoms with E-state index in [9.17, 15) is 4.79 Å². The Hall–Kier alpha value is -0.690. The van der Waals surface area contributed by atoms with Crippen molar-refractivity contribution in [2.75, 3.05) is 0 Å². The van der Waals surface area contributed by atoms with Crippen molar-refractivity contribution in [3.8, 4) is 5.40 Å². The van der Waals surface area contributed by atoms with Gasteiger partial charge >= 0.3 is 5.97 Å².